The average molecular weight is 1130 g/mol. The molecule has 5 aliphatic rings. The summed E-state index contributed by atoms with van der Waals surface area (Å²) in [6.07, 6.45) is -21.0. The summed E-state index contributed by atoms with van der Waals surface area (Å²) in [6.45, 7) is 6.83. The minimum Gasteiger partial charge on any atom is -0.455 e. The first kappa shape index (κ1) is 60.1. The fourth-order valence-electron chi connectivity index (χ4n) is 12.3. The summed E-state index contributed by atoms with van der Waals surface area (Å²) < 4.78 is 52.7. The summed E-state index contributed by atoms with van der Waals surface area (Å²) in [5.74, 6) is -9.93. The fraction of sp³-hybridized carbons (Fsp3) is 0.517. The predicted octanol–water partition coefficient (Wildman–Crippen LogP) is 2.06. The smallest absolute Gasteiger partial charge is 0.350 e. The summed E-state index contributed by atoms with van der Waals surface area (Å²) in [5.41, 5.74) is -8.20. The van der Waals surface area contributed by atoms with E-state index in [2.05, 4.69) is 5.32 Å². The highest BCUT2D eigenvalue weighted by atomic mass is 16.7. The van der Waals surface area contributed by atoms with Crippen LogP contribution in [0.1, 0.15) is 99.5 Å². The van der Waals surface area contributed by atoms with E-state index < -0.39 is 181 Å². The van der Waals surface area contributed by atoms with Gasteiger partial charge in [-0.25, -0.2) is 9.59 Å². The van der Waals surface area contributed by atoms with E-state index in [-0.39, 0.29) is 34.3 Å². The van der Waals surface area contributed by atoms with Crippen molar-refractivity contribution in [3.8, 4) is 0 Å². The Morgan fingerprint density at radius 2 is 1.38 bits per heavy atom. The maximum atomic E-state index is 15.8. The molecule has 4 fully saturated rings. The second-order valence-electron chi connectivity index (χ2n) is 21.7. The van der Waals surface area contributed by atoms with Gasteiger partial charge in [0.25, 0.3) is 5.91 Å². The first-order chi connectivity index (χ1) is 38.3. The number of carbonyl (C=O) groups is 8. The first-order valence-electron chi connectivity index (χ1n) is 26.4. The maximum Gasteiger partial charge on any atom is 0.350 e. The van der Waals surface area contributed by atoms with Crippen LogP contribution in [-0.2, 0) is 71.4 Å². The molecular formula is C58H67NO22. The summed E-state index contributed by atoms with van der Waals surface area (Å²) in [6, 6.07) is 21.7. The molecule has 23 nitrogen and oxygen atoms in total. The van der Waals surface area contributed by atoms with Crippen LogP contribution in [0.2, 0.25) is 0 Å². The zero-order chi connectivity index (χ0) is 58.9. The summed E-state index contributed by atoms with van der Waals surface area (Å²) in [4.78, 5) is 114. The van der Waals surface area contributed by atoms with Crippen molar-refractivity contribution < 1.29 is 107 Å². The monoisotopic (exact) mass is 1130 g/mol. The number of hydrogen-bond donors (Lipinski definition) is 6. The number of hydrogen-bond acceptors (Lipinski definition) is 22. The molecule has 1 amide bonds. The molecule has 8 rings (SSSR count). The third-order valence-corrected chi connectivity index (χ3v) is 16.6. The average Bonchev–Trinajstić information content (AvgIpc) is 3.63. The molecule has 3 aliphatic carbocycles. The Balaban J connectivity index is 1.23. The SMILES string of the molecule is CO[C@H]1O[C@H](CO)[C@@H](O)[C@@H](O)[C@H]1OC(=O)CCC(=O)O[C@@H](C(=O)O[C@H]1C[C@@]2(O)[C@@H](OC(=O)c3ccccc3)[C@@H]3[C@]4(OC(C)=O)CO[C@@H]4C[C@H](O)[C@@]3(C)C(=O)[C@H](OC(C)=O)C(=C1C)C2(C)C)[C@@H](NC(=O)c1ccccc1)c1ccccc1. The standard InChI is InChI=1S/C58H67NO22/c1-29-35(26-58(72)50(80-52(70)34-21-15-10-16-22-34)48-56(6,37(63)25-38-57(48,28-74-38)81-31(3)62)49(68)45(75-30(2)61)41(29)55(58,4)5)76-53(71)46(42(32-17-11-8-12-18-32)59-51(69)33-19-13-9-14-20-33)78-39(64)23-24-40(65)79-47-44(67)43(66)36(27-60)77-54(47)73-7/h8-22,35-38,42-48,50,54,60,63,66-67,72H,23-28H2,1-7H3,(H,59,69)/t35-,36+,37-,38+,42-,43+,44+,45+,46+,47+,48-,50-,54-,56+,57-,58+/m0/s1. The number of Topliss-reactive ketones (excluding diaryl/α,β-unsaturated/α-hetero) is 1. The number of ether oxygens (including phenoxy) is 9. The van der Waals surface area contributed by atoms with Crippen molar-refractivity contribution in [1.29, 1.82) is 0 Å². The van der Waals surface area contributed by atoms with Crippen LogP contribution in [0.15, 0.2) is 102 Å². The molecule has 0 radical (unpaired) electrons. The molecule has 16 atom stereocenters. The third-order valence-electron chi connectivity index (χ3n) is 16.6. The molecule has 0 aromatic heterocycles. The second-order valence-corrected chi connectivity index (χ2v) is 21.7. The zero-order valence-corrected chi connectivity index (χ0v) is 45.6. The molecule has 2 aliphatic heterocycles. The van der Waals surface area contributed by atoms with Crippen LogP contribution in [0.25, 0.3) is 0 Å². The number of nitrogens with one attached hydrogen (secondary N) is 1. The van der Waals surface area contributed by atoms with Crippen molar-refractivity contribution >= 4 is 47.5 Å². The van der Waals surface area contributed by atoms with Crippen LogP contribution in [0.3, 0.4) is 0 Å². The molecule has 0 unspecified atom stereocenters. The van der Waals surface area contributed by atoms with E-state index in [0.29, 0.717) is 0 Å². The third kappa shape index (κ3) is 11.2. The van der Waals surface area contributed by atoms with Crippen molar-refractivity contribution in [2.75, 3.05) is 20.3 Å². The van der Waals surface area contributed by atoms with Gasteiger partial charge in [-0.05, 0) is 54.8 Å². The molecule has 81 heavy (non-hydrogen) atoms. The van der Waals surface area contributed by atoms with Crippen LogP contribution >= 0.6 is 0 Å². The molecule has 3 aromatic carbocycles. The molecule has 2 saturated carbocycles. The molecule has 23 heteroatoms. The quantitative estimate of drug-likeness (QED) is 0.0640. The number of benzene rings is 3. The van der Waals surface area contributed by atoms with Crippen molar-refractivity contribution in [1.82, 2.24) is 5.32 Å². The number of methoxy groups -OCH3 is 1. The molecule has 2 bridgehead atoms. The number of ketones is 1. The van der Waals surface area contributed by atoms with E-state index in [9.17, 15) is 54.3 Å². The van der Waals surface area contributed by atoms with Crippen LogP contribution in [0.4, 0.5) is 0 Å². The predicted molar refractivity (Wildman–Crippen MR) is 275 cm³/mol. The zero-order valence-electron chi connectivity index (χ0n) is 45.6. The van der Waals surface area contributed by atoms with Gasteiger partial charge in [0.15, 0.2) is 29.9 Å². The highest BCUT2D eigenvalue weighted by Gasteiger charge is 2.78. The number of amides is 1. The Hall–Kier alpha value is -6.96. The number of esters is 6. The van der Waals surface area contributed by atoms with Crippen LogP contribution in [0, 0.1) is 16.7 Å². The van der Waals surface area contributed by atoms with E-state index in [1.807, 2.05) is 0 Å². The maximum absolute atomic E-state index is 15.8. The Bertz CT molecular complexity index is 2900. The molecule has 6 N–H and O–H groups in total. The molecule has 0 spiro atoms. The molecule has 436 valence electrons. The molecule has 2 heterocycles. The first-order valence-corrected chi connectivity index (χ1v) is 26.4. The lowest BCUT2D eigenvalue weighted by molar-refractivity contribution is -0.346. The number of aliphatic hydroxyl groups is 5. The topological polar surface area (TPSA) is 333 Å². The number of rotatable bonds is 17. The van der Waals surface area contributed by atoms with Gasteiger partial charge in [0, 0.05) is 44.8 Å². The Labute approximate surface area is 465 Å². The van der Waals surface area contributed by atoms with Crippen LogP contribution in [0.5, 0.6) is 0 Å². The minimum atomic E-state index is -2.56. The fourth-order valence-corrected chi connectivity index (χ4v) is 12.3. The van der Waals surface area contributed by atoms with Gasteiger partial charge in [-0.15, -0.1) is 0 Å². The highest BCUT2D eigenvalue weighted by molar-refractivity contribution is 5.96. The van der Waals surface area contributed by atoms with E-state index in [0.717, 1.165) is 21.0 Å². The molecule has 3 aromatic rings. The number of carbonyl (C=O) groups excluding carboxylic acids is 8. The summed E-state index contributed by atoms with van der Waals surface area (Å²) in [5, 5.41) is 59.9. The molecule has 2 saturated heterocycles. The Kier molecular flexibility index (Phi) is 17.7. The van der Waals surface area contributed by atoms with Crippen LogP contribution in [-0.4, -0.2) is 172 Å². The largest absolute Gasteiger partial charge is 0.455 e. The normalized spacial score (nSPS) is 32.7. The van der Waals surface area contributed by atoms with E-state index in [4.69, 9.17) is 42.6 Å². The van der Waals surface area contributed by atoms with Crippen molar-refractivity contribution in [2.45, 2.75) is 152 Å². The van der Waals surface area contributed by atoms with Crippen molar-refractivity contribution in [3.05, 3.63) is 119 Å². The van der Waals surface area contributed by atoms with Gasteiger partial charge >= 0.3 is 35.8 Å². The number of fused-ring (bicyclic) bond motifs is 5. The lowest BCUT2D eigenvalue weighted by Gasteiger charge is -2.67. The summed E-state index contributed by atoms with van der Waals surface area (Å²) in [7, 11) is 1.16. The second kappa shape index (κ2) is 23.9. The van der Waals surface area contributed by atoms with Crippen LogP contribution < -0.4 is 5.32 Å². The summed E-state index contributed by atoms with van der Waals surface area (Å²) >= 11 is 0. The van der Waals surface area contributed by atoms with E-state index >= 15 is 9.59 Å². The van der Waals surface area contributed by atoms with Gasteiger partial charge in [0.05, 0.1) is 49.1 Å². The highest BCUT2D eigenvalue weighted by Crippen LogP contribution is 2.64. The van der Waals surface area contributed by atoms with E-state index in [1.165, 1.54) is 64.1 Å². The van der Waals surface area contributed by atoms with Gasteiger partial charge in [0.2, 0.25) is 6.10 Å². The van der Waals surface area contributed by atoms with Crippen molar-refractivity contribution in [2.24, 2.45) is 16.7 Å². The lowest BCUT2D eigenvalue weighted by Crippen LogP contribution is -2.82. The van der Waals surface area contributed by atoms with Gasteiger partial charge in [-0.2, -0.15) is 0 Å². The van der Waals surface area contributed by atoms with E-state index in [1.54, 1.807) is 54.6 Å². The molecular weight excluding hydrogens is 1060 g/mol. The van der Waals surface area contributed by atoms with Gasteiger partial charge < -0.3 is 73.5 Å². The van der Waals surface area contributed by atoms with Gasteiger partial charge in [-0.3, -0.25) is 28.8 Å². The van der Waals surface area contributed by atoms with Gasteiger partial charge in [0.1, 0.15) is 48.3 Å². The van der Waals surface area contributed by atoms with Crippen molar-refractivity contribution in [3.63, 3.8) is 0 Å². The minimum absolute atomic E-state index is 0.00556. The Morgan fingerprint density at radius 3 is 1.95 bits per heavy atom. The number of aliphatic hydroxyl groups excluding tert-OH is 4. The van der Waals surface area contributed by atoms with Gasteiger partial charge in [-0.1, -0.05) is 80.6 Å². The lowest BCUT2D eigenvalue weighted by atomic mass is 9.44. The Morgan fingerprint density at radius 1 is 0.778 bits per heavy atom.